The van der Waals surface area contributed by atoms with Crippen LogP contribution in [0, 0.1) is 0 Å². The number of hydrogen-bond acceptors (Lipinski definition) is 1. The molecular formula is C7H6F2O. The molecule has 54 valence electrons. The van der Waals surface area contributed by atoms with E-state index in [0.29, 0.717) is 6.29 Å². The van der Waals surface area contributed by atoms with Crippen LogP contribution >= 0.6 is 0 Å². The number of alkyl halides is 2. The SMILES string of the molecule is O=CC1=CC=CC(F)(F)C1. The fraction of sp³-hybridized carbons (Fsp3) is 0.286. The van der Waals surface area contributed by atoms with Gasteiger partial charge in [-0.3, -0.25) is 4.79 Å². The molecule has 0 spiro atoms. The van der Waals surface area contributed by atoms with Crippen molar-refractivity contribution in [2.75, 3.05) is 0 Å². The highest BCUT2D eigenvalue weighted by molar-refractivity contribution is 5.74. The molecule has 1 nitrogen and oxygen atoms in total. The van der Waals surface area contributed by atoms with Gasteiger partial charge in [-0.15, -0.1) is 0 Å². The Morgan fingerprint density at radius 2 is 2.30 bits per heavy atom. The third-order valence-electron chi connectivity index (χ3n) is 1.24. The number of aldehydes is 1. The van der Waals surface area contributed by atoms with Crippen molar-refractivity contribution in [3.05, 3.63) is 23.8 Å². The van der Waals surface area contributed by atoms with E-state index in [4.69, 9.17) is 0 Å². The number of hydrogen-bond donors (Lipinski definition) is 0. The van der Waals surface area contributed by atoms with Crippen molar-refractivity contribution in [2.45, 2.75) is 12.3 Å². The molecule has 0 bridgehead atoms. The molecule has 0 heterocycles. The van der Waals surface area contributed by atoms with Gasteiger partial charge >= 0.3 is 0 Å². The Kier molecular flexibility index (Phi) is 1.66. The van der Waals surface area contributed by atoms with E-state index < -0.39 is 12.3 Å². The summed E-state index contributed by atoms with van der Waals surface area (Å²) in [5.41, 5.74) is 0.146. The summed E-state index contributed by atoms with van der Waals surface area (Å²) in [6, 6.07) is 0. The van der Waals surface area contributed by atoms with Crippen LogP contribution in [0.3, 0.4) is 0 Å². The van der Waals surface area contributed by atoms with Gasteiger partial charge in [-0.05, 0) is 11.6 Å². The second kappa shape index (κ2) is 2.33. The summed E-state index contributed by atoms with van der Waals surface area (Å²) in [6.45, 7) is 0. The maximum atomic E-state index is 12.4. The van der Waals surface area contributed by atoms with E-state index >= 15 is 0 Å². The van der Waals surface area contributed by atoms with Crippen LogP contribution in [0.4, 0.5) is 8.78 Å². The fourth-order valence-corrected chi connectivity index (χ4v) is 0.783. The molecule has 0 aromatic heterocycles. The Morgan fingerprint density at radius 1 is 1.60 bits per heavy atom. The number of allylic oxidation sites excluding steroid dienone is 4. The summed E-state index contributed by atoms with van der Waals surface area (Å²) in [7, 11) is 0. The number of carbonyl (C=O) groups excluding carboxylic acids is 1. The fourth-order valence-electron chi connectivity index (χ4n) is 0.783. The summed E-state index contributed by atoms with van der Waals surface area (Å²) < 4.78 is 24.7. The van der Waals surface area contributed by atoms with E-state index in [-0.39, 0.29) is 5.57 Å². The van der Waals surface area contributed by atoms with Gasteiger partial charge in [-0.1, -0.05) is 12.2 Å². The van der Waals surface area contributed by atoms with Crippen molar-refractivity contribution in [1.82, 2.24) is 0 Å². The van der Waals surface area contributed by atoms with Crippen LogP contribution in [0.1, 0.15) is 6.42 Å². The van der Waals surface area contributed by atoms with E-state index in [1.54, 1.807) is 0 Å². The van der Waals surface area contributed by atoms with Crippen LogP contribution in [-0.4, -0.2) is 12.2 Å². The third kappa shape index (κ3) is 1.50. The minimum absolute atomic E-state index is 0.146. The zero-order chi connectivity index (χ0) is 7.61. The molecule has 0 saturated heterocycles. The van der Waals surface area contributed by atoms with Gasteiger partial charge in [-0.25, -0.2) is 8.78 Å². The predicted octanol–water partition coefficient (Wildman–Crippen LogP) is 1.71. The molecule has 0 aromatic rings. The molecule has 1 aliphatic rings. The smallest absolute Gasteiger partial charge is 0.270 e. The van der Waals surface area contributed by atoms with Crippen molar-refractivity contribution < 1.29 is 13.6 Å². The molecule has 0 fully saturated rings. The predicted molar refractivity (Wildman–Crippen MR) is 32.9 cm³/mol. The number of rotatable bonds is 1. The summed E-state index contributed by atoms with van der Waals surface area (Å²) >= 11 is 0. The molecule has 0 saturated carbocycles. The van der Waals surface area contributed by atoms with Gasteiger partial charge in [0.25, 0.3) is 5.92 Å². The molecule has 0 atom stereocenters. The first-order valence-corrected chi connectivity index (χ1v) is 2.85. The average Bonchev–Trinajstić information content (AvgIpc) is 1.86. The number of carbonyl (C=O) groups is 1. The summed E-state index contributed by atoms with van der Waals surface area (Å²) in [4.78, 5) is 10.0. The molecule has 0 aromatic carbocycles. The molecule has 0 radical (unpaired) electrons. The van der Waals surface area contributed by atoms with Crippen LogP contribution in [0.2, 0.25) is 0 Å². The van der Waals surface area contributed by atoms with Gasteiger partial charge in [0.1, 0.15) is 6.29 Å². The lowest BCUT2D eigenvalue weighted by atomic mass is 10.0. The van der Waals surface area contributed by atoms with E-state index in [2.05, 4.69) is 0 Å². The molecule has 1 rings (SSSR count). The molecule has 1 aliphatic carbocycles. The van der Waals surface area contributed by atoms with Gasteiger partial charge < -0.3 is 0 Å². The van der Waals surface area contributed by atoms with Crippen LogP contribution in [0.25, 0.3) is 0 Å². The second-order valence-electron chi connectivity index (χ2n) is 2.16. The van der Waals surface area contributed by atoms with Crippen molar-refractivity contribution in [3.63, 3.8) is 0 Å². The van der Waals surface area contributed by atoms with Gasteiger partial charge in [0.15, 0.2) is 0 Å². The zero-order valence-corrected chi connectivity index (χ0v) is 5.18. The number of halogens is 2. The minimum Gasteiger partial charge on any atom is -0.298 e. The first-order valence-electron chi connectivity index (χ1n) is 2.85. The lowest BCUT2D eigenvalue weighted by Crippen LogP contribution is -2.15. The first-order chi connectivity index (χ1) is 4.64. The van der Waals surface area contributed by atoms with Crippen molar-refractivity contribution >= 4 is 6.29 Å². The van der Waals surface area contributed by atoms with Gasteiger partial charge in [0.05, 0.1) is 0 Å². The normalized spacial score (nSPS) is 22.0. The first kappa shape index (κ1) is 7.12. The average molecular weight is 144 g/mol. The van der Waals surface area contributed by atoms with Crippen LogP contribution in [-0.2, 0) is 4.79 Å². The Morgan fingerprint density at radius 3 is 2.70 bits per heavy atom. The van der Waals surface area contributed by atoms with Gasteiger partial charge in [0.2, 0.25) is 0 Å². The molecule has 0 unspecified atom stereocenters. The van der Waals surface area contributed by atoms with E-state index in [1.807, 2.05) is 0 Å². The molecule has 10 heavy (non-hydrogen) atoms. The van der Waals surface area contributed by atoms with Gasteiger partial charge in [-0.2, -0.15) is 0 Å². The van der Waals surface area contributed by atoms with Crippen molar-refractivity contribution in [1.29, 1.82) is 0 Å². The summed E-state index contributed by atoms with van der Waals surface area (Å²) in [5, 5.41) is 0. The maximum absolute atomic E-state index is 12.4. The van der Waals surface area contributed by atoms with Crippen molar-refractivity contribution in [3.8, 4) is 0 Å². The highest BCUT2D eigenvalue weighted by atomic mass is 19.3. The Bertz CT molecular complexity index is 204. The minimum atomic E-state index is -2.83. The van der Waals surface area contributed by atoms with E-state index in [9.17, 15) is 13.6 Å². The highest BCUT2D eigenvalue weighted by Gasteiger charge is 2.27. The van der Waals surface area contributed by atoms with E-state index in [0.717, 1.165) is 6.08 Å². The quantitative estimate of drug-likeness (QED) is 0.512. The molecule has 0 N–H and O–H groups in total. The summed E-state index contributed by atoms with van der Waals surface area (Å²) in [5.74, 6) is -2.83. The Hall–Kier alpha value is -0.990. The largest absolute Gasteiger partial charge is 0.298 e. The van der Waals surface area contributed by atoms with Gasteiger partial charge in [0, 0.05) is 6.42 Å². The van der Waals surface area contributed by atoms with E-state index in [1.165, 1.54) is 12.2 Å². The molecule has 3 heteroatoms. The lowest BCUT2D eigenvalue weighted by Gasteiger charge is -2.13. The molecule has 0 aliphatic heterocycles. The van der Waals surface area contributed by atoms with Crippen LogP contribution < -0.4 is 0 Å². The third-order valence-corrected chi connectivity index (χ3v) is 1.24. The maximum Gasteiger partial charge on any atom is 0.270 e. The lowest BCUT2D eigenvalue weighted by molar-refractivity contribution is -0.105. The Labute approximate surface area is 57.0 Å². The topological polar surface area (TPSA) is 17.1 Å². The highest BCUT2D eigenvalue weighted by Crippen LogP contribution is 2.26. The van der Waals surface area contributed by atoms with Crippen molar-refractivity contribution in [2.24, 2.45) is 0 Å². The Balaban J connectivity index is 2.77. The standard InChI is InChI=1S/C7H6F2O/c8-7(9)3-1-2-6(4-7)5-10/h1-3,5H,4H2. The molecular weight excluding hydrogens is 138 g/mol. The van der Waals surface area contributed by atoms with Crippen LogP contribution in [0.15, 0.2) is 23.8 Å². The zero-order valence-electron chi connectivity index (χ0n) is 5.18. The monoisotopic (exact) mass is 144 g/mol. The second-order valence-corrected chi connectivity index (χ2v) is 2.16. The molecule has 0 amide bonds. The summed E-state index contributed by atoms with van der Waals surface area (Å²) in [6.07, 6.45) is 3.38. The van der Waals surface area contributed by atoms with Crippen LogP contribution in [0.5, 0.6) is 0 Å².